The average molecular weight is 248 g/mol. The van der Waals surface area contributed by atoms with Crippen molar-refractivity contribution < 1.29 is 20.5 Å². The molecule has 6 nitrogen and oxygen atoms in total. The zero-order chi connectivity index (χ0) is 13.6. The number of nitrogens with one attached hydrogen (secondary N) is 1. The van der Waals surface area contributed by atoms with Crippen LogP contribution < -0.4 is 11.1 Å². The lowest BCUT2D eigenvalue weighted by Gasteiger charge is -2.23. The fraction of sp³-hybridized carbons (Fsp3) is 0.818. The van der Waals surface area contributed by atoms with Gasteiger partial charge in [-0.15, -0.1) is 0 Å². The Morgan fingerprint density at radius 3 is 2.29 bits per heavy atom. The van der Waals surface area contributed by atoms with Crippen LogP contribution in [0.5, 0.6) is 0 Å². The van der Waals surface area contributed by atoms with E-state index in [4.69, 9.17) is 10.5 Å². The number of alkyl carbamates (subject to hydrolysis) is 1. The summed E-state index contributed by atoms with van der Waals surface area (Å²) in [6, 6.07) is -1.01. The molecule has 102 valence electrons. The largest absolute Gasteiger partial charge is 0.467 e. The number of carbonyl (C=O) groups excluding carboxylic acids is 2. The summed E-state index contributed by atoms with van der Waals surface area (Å²) < 4.78 is 9.63. The number of esters is 1. The lowest BCUT2D eigenvalue weighted by molar-refractivity contribution is -0.143. The summed E-state index contributed by atoms with van der Waals surface area (Å²) in [5, 5.41) is 2.44. The molecule has 0 aliphatic heterocycles. The standard InChI is InChI=1S/C11H22N2O4.H2/c1-7(12)6-8(9(14)16-5)13-10(15)17-11(2,3)4;/h7-8H,6,12H2,1-5H3,(H,13,15);1H/t7?,8-;/m0./s1. The molecule has 0 saturated carbocycles. The van der Waals surface area contributed by atoms with Crippen molar-refractivity contribution in [1.29, 1.82) is 0 Å². The predicted molar refractivity (Wildman–Crippen MR) is 65.6 cm³/mol. The first-order valence-electron chi connectivity index (χ1n) is 5.48. The number of amides is 1. The zero-order valence-electron chi connectivity index (χ0n) is 11.1. The van der Waals surface area contributed by atoms with Crippen LogP contribution in [0.3, 0.4) is 0 Å². The van der Waals surface area contributed by atoms with Gasteiger partial charge in [-0.05, 0) is 34.1 Å². The Bertz CT molecular complexity index is 277. The van der Waals surface area contributed by atoms with Gasteiger partial charge in [0.2, 0.25) is 0 Å². The Kier molecular flexibility index (Phi) is 5.95. The van der Waals surface area contributed by atoms with Crippen molar-refractivity contribution in [2.75, 3.05) is 7.11 Å². The summed E-state index contributed by atoms with van der Waals surface area (Å²) in [4.78, 5) is 22.9. The average Bonchev–Trinajstić information content (AvgIpc) is 2.11. The van der Waals surface area contributed by atoms with Crippen molar-refractivity contribution in [2.45, 2.75) is 51.8 Å². The van der Waals surface area contributed by atoms with Crippen LogP contribution in [-0.2, 0) is 14.3 Å². The molecule has 0 bridgehead atoms. The fourth-order valence-electron chi connectivity index (χ4n) is 1.18. The molecule has 0 radical (unpaired) electrons. The number of hydrogen-bond donors (Lipinski definition) is 2. The summed E-state index contributed by atoms with van der Waals surface area (Å²) in [5.41, 5.74) is 4.98. The van der Waals surface area contributed by atoms with Crippen molar-refractivity contribution in [1.82, 2.24) is 5.32 Å². The molecule has 0 aromatic heterocycles. The molecule has 0 fully saturated rings. The number of carbonyl (C=O) groups is 2. The first kappa shape index (κ1) is 15.7. The molecular weight excluding hydrogens is 224 g/mol. The monoisotopic (exact) mass is 248 g/mol. The maximum atomic E-state index is 11.5. The van der Waals surface area contributed by atoms with Crippen molar-refractivity contribution in [2.24, 2.45) is 5.73 Å². The van der Waals surface area contributed by atoms with E-state index in [1.54, 1.807) is 27.7 Å². The van der Waals surface area contributed by atoms with Crippen LogP contribution in [0.25, 0.3) is 0 Å². The van der Waals surface area contributed by atoms with Crippen LogP contribution in [0.15, 0.2) is 0 Å². The number of ether oxygens (including phenoxy) is 2. The van der Waals surface area contributed by atoms with E-state index in [2.05, 4.69) is 10.1 Å². The van der Waals surface area contributed by atoms with E-state index in [0.717, 1.165) is 0 Å². The molecule has 0 heterocycles. The van der Waals surface area contributed by atoms with E-state index < -0.39 is 23.7 Å². The second-order valence-electron chi connectivity index (χ2n) is 4.93. The van der Waals surface area contributed by atoms with Gasteiger partial charge in [-0.2, -0.15) is 0 Å². The maximum Gasteiger partial charge on any atom is 0.408 e. The van der Waals surface area contributed by atoms with Gasteiger partial charge in [-0.1, -0.05) is 0 Å². The normalized spacial score (nSPS) is 14.7. The Balaban J connectivity index is 0. The molecule has 6 heteroatoms. The van der Waals surface area contributed by atoms with E-state index in [-0.39, 0.29) is 7.47 Å². The topological polar surface area (TPSA) is 90.6 Å². The number of nitrogens with two attached hydrogens (primary N) is 1. The molecule has 3 N–H and O–H groups in total. The van der Waals surface area contributed by atoms with E-state index in [1.165, 1.54) is 7.11 Å². The van der Waals surface area contributed by atoms with Crippen LogP contribution in [-0.4, -0.2) is 36.9 Å². The highest BCUT2D eigenvalue weighted by molar-refractivity contribution is 5.81. The minimum Gasteiger partial charge on any atom is -0.467 e. The van der Waals surface area contributed by atoms with Crippen LogP contribution in [0, 0.1) is 0 Å². The SMILES string of the molecule is COC(=O)[C@H](CC(C)N)NC(=O)OC(C)(C)C.[HH]. The summed E-state index contributed by atoms with van der Waals surface area (Å²) in [7, 11) is 1.26. The quantitative estimate of drug-likeness (QED) is 0.725. The predicted octanol–water partition coefficient (Wildman–Crippen LogP) is 1.04. The van der Waals surface area contributed by atoms with Crippen molar-refractivity contribution in [3.8, 4) is 0 Å². The van der Waals surface area contributed by atoms with Crippen LogP contribution in [0.2, 0.25) is 0 Å². The van der Waals surface area contributed by atoms with Crippen molar-refractivity contribution in [3.05, 3.63) is 0 Å². The van der Waals surface area contributed by atoms with Gasteiger partial charge >= 0.3 is 12.1 Å². The van der Waals surface area contributed by atoms with Gasteiger partial charge in [0.25, 0.3) is 0 Å². The van der Waals surface area contributed by atoms with Gasteiger partial charge in [0.1, 0.15) is 11.6 Å². The minimum atomic E-state index is -0.783. The van der Waals surface area contributed by atoms with E-state index in [9.17, 15) is 9.59 Å². The van der Waals surface area contributed by atoms with E-state index >= 15 is 0 Å². The Morgan fingerprint density at radius 2 is 1.94 bits per heavy atom. The number of methoxy groups -OCH3 is 1. The molecule has 1 amide bonds. The fourth-order valence-corrected chi connectivity index (χ4v) is 1.18. The van der Waals surface area contributed by atoms with Gasteiger partial charge in [0.15, 0.2) is 0 Å². The second-order valence-corrected chi connectivity index (χ2v) is 4.93. The van der Waals surface area contributed by atoms with Crippen molar-refractivity contribution >= 4 is 12.1 Å². The Labute approximate surface area is 103 Å². The van der Waals surface area contributed by atoms with Gasteiger partial charge in [-0.25, -0.2) is 9.59 Å². The molecular formula is C11H24N2O4. The third-order valence-corrected chi connectivity index (χ3v) is 1.78. The smallest absolute Gasteiger partial charge is 0.408 e. The third kappa shape index (κ3) is 7.57. The van der Waals surface area contributed by atoms with Crippen LogP contribution in [0.1, 0.15) is 35.5 Å². The molecule has 0 aromatic rings. The summed E-state index contributed by atoms with van der Waals surface area (Å²) >= 11 is 0. The second kappa shape index (κ2) is 6.44. The number of hydrogen-bond acceptors (Lipinski definition) is 5. The summed E-state index contributed by atoms with van der Waals surface area (Å²) in [6.45, 7) is 6.97. The number of rotatable bonds is 4. The van der Waals surface area contributed by atoms with Crippen LogP contribution in [0.4, 0.5) is 4.79 Å². The van der Waals surface area contributed by atoms with Crippen molar-refractivity contribution in [3.63, 3.8) is 0 Å². The highest BCUT2D eigenvalue weighted by Gasteiger charge is 2.25. The highest BCUT2D eigenvalue weighted by atomic mass is 16.6. The lowest BCUT2D eigenvalue weighted by Crippen LogP contribution is -2.46. The highest BCUT2D eigenvalue weighted by Crippen LogP contribution is 2.08. The third-order valence-electron chi connectivity index (χ3n) is 1.78. The van der Waals surface area contributed by atoms with E-state index in [1.807, 2.05) is 0 Å². The molecule has 0 saturated heterocycles. The van der Waals surface area contributed by atoms with Gasteiger partial charge in [0.05, 0.1) is 7.11 Å². The zero-order valence-corrected chi connectivity index (χ0v) is 11.1. The molecule has 0 spiro atoms. The molecule has 1 unspecified atom stereocenters. The first-order valence-corrected chi connectivity index (χ1v) is 5.48. The minimum absolute atomic E-state index is 0. The molecule has 0 aliphatic carbocycles. The Hall–Kier alpha value is -1.30. The Morgan fingerprint density at radius 1 is 1.41 bits per heavy atom. The molecule has 2 atom stereocenters. The van der Waals surface area contributed by atoms with Gasteiger partial charge in [0, 0.05) is 7.47 Å². The molecule has 17 heavy (non-hydrogen) atoms. The summed E-state index contributed by atoms with van der Waals surface area (Å²) in [6.07, 6.45) is -0.361. The van der Waals surface area contributed by atoms with Gasteiger partial charge in [-0.3, -0.25) is 0 Å². The van der Waals surface area contributed by atoms with E-state index in [0.29, 0.717) is 6.42 Å². The molecule has 0 rings (SSSR count). The first-order chi connectivity index (χ1) is 7.65. The summed E-state index contributed by atoms with van der Waals surface area (Å²) in [5.74, 6) is -0.534. The molecule has 0 aromatic carbocycles. The lowest BCUT2D eigenvalue weighted by atomic mass is 10.1. The van der Waals surface area contributed by atoms with Crippen LogP contribution >= 0.6 is 0 Å². The van der Waals surface area contributed by atoms with Gasteiger partial charge < -0.3 is 20.5 Å². The molecule has 0 aliphatic rings. The maximum absolute atomic E-state index is 11.5.